The van der Waals surface area contributed by atoms with E-state index in [1.54, 1.807) is 0 Å². The van der Waals surface area contributed by atoms with Crippen LogP contribution >= 0.6 is 0 Å². The number of unbranched alkanes of at least 4 members (excludes halogenated alkanes) is 8. The molecule has 0 aliphatic carbocycles. The van der Waals surface area contributed by atoms with Crippen molar-refractivity contribution >= 4 is 0 Å². The molecule has 0 radical (unpaired) electrons. The third-order valence-electron chi connectivity index (χ3n) is 4.71. The van der Waals surface area contributed by atoms with Gasteiger partial charge in [0, 0.05) is 6.61 Å². The first-order valence-electron chi connectivity index (χ1n) is 10.1. The van der Waals surface area contributed by atoms with E-state index in [0.717, 1.165) is 12.8 Å². The molecule has 0 amide bonds. The fourth-order valence-electron chi connectivity index (χ4n) is 3.09. The van der Waals surface area contributed by atoms with Gasteiger partial charge in [0.2, 0.25) is 0 Å². The molecule has 25 heavy (non-hydrogen) atoms. The Hall–Kier alpha value is -0.460. The van der Waals surface area contributed by atoms with Crippen LogP contribution in [0.15, 0.2) is 12.2 Å². The second kappa shape index (κ2) is 14.7. The fourth-order valence-corrected chi connectivity index (χ4v) is 3.09. The van der Waals surface area contributed by atoms with E-state index in [-0.39, 0.29) is 13.2 Å². The number of ether oxygens (including phenoxy) is 2. The molecule has 0 spiro atoms. The summed E-state index contributed by atoms with van der Waals surface area (Å²) in [5.41, 5.74) is 0. The van der Waals surface area contributed by atoms with Crippen molar-refractivity contribution in [2.75, 3.05) is 19.8 Å². The van der Waals surface area contributed by atoms with Crippen LogP contribution in [0.1, 0.15) is 71.1 Å². The second-order valence-electron chi connectivity index (χ2n) is 6.97. The molecule has 1 heterocycles. The minimum Gasteiger partial charge on any atom is -0.394 e. The van der Waals surface area contributed by atoms with Gasteiger partial charge in [-0.1, -0.05) is 57.6 Å². The number of allylic oxidation sites excluding steroid dienone is 2. The van der Waals surface area contributed by atoms with Crippen molar-refractivity contribution in [2.24, 2.45) is 0 Å². The molecule has 5 nitrogen and oxygen atoms in total. The first-order valence-corrected chi connectivity index (χ1v) is 10.1. The van der Waals surface area contributed by atoms with Gasteiger partial charge in [-0.15, -0.1) is 0 Å². The Morgan fingerprint density at radius 2 is 1.60 bits per heavy atom. The number of aliphatic hydroxyl groups is 3. The van der Waals surface area contributed by atoms with E-state index >= 15 is 0 Å². The summed E-state index contributed by atoms with van der Waals surface area (Å²) in [5, 5.41) is 28.9. The number of hydrogen-bond acceptors (Lipinski definition) is 5. The predicted octanol–water partition coefficient (Wildman–Crippen LogP) is 2.96. The standard InChI is InChI=1S/C20H38O5/c1-2-3-4-5-6-7-8-9-10-11-12-13-14-24-20-18(15-21)25-16-17(22)19(20)23/h4-5,17-23H,2-3,6-16H2,1H3/b5-4+/t17-,18+,19+,20+/m0/s1. The summed E-state index contributed by atoms with van der Waals surface area (Å²) in [7, 11) is 0. The lowest BCUT2D eigenvalue weighted by Crippen LogP contribution is -2.55. The quantitative estimate of drug-likeness (QED) is 0.329. The first kappa shape index (κ1) is 22.6. The molecule has 4 atom stereocenters. The van der Waals surface area contributed by atoms with Gasteiger partial charge >= 0.3 is 0 Å². The van der Waals surface area contributed by atoms with Crippen LogP contribution in [0.4, 0.5) is 0 Å². The predicted molar refractivity (Wildman–Crippen MR) is 99.6 cm³/mol. The normalized spacial score (nSPS) is 27.2. The molecule has 0 saturated carbocycles. The van der Waals surface area contributed by atoms with E-state index in [4.69, 9.17) is 9.47 Å². The number of hydrogen-bond donors (Lipinski definition) is 3. The largest absolute Gasteiger partial charge is 0.394 e. The molecule has 0 aromatic rings. The Bertz CT molecular complexity index is 332. The zero-order valence-electron chi connectivity index (χ0n) is 15.8. The summed E-state index contributed by atoms with van der Waals surface area (Å²) in [6, 6.07) is 0. The molecule has 148 valence electrons. The molecule has 0 bridgehead atoms. The van der Waals surface area contributed by atoms with Crippen LogP contribution < -0.4 is 0 Å². The number of rotatable bonds is 14. The maximum absolute atomic E-state index is 9.96. The summed E-state index contributed by atoms with van der Waals surface area (Å²) in [6.07, 6.45) is 13.5. The molecule has 5 heteroatoms. The van der Waals surface area contributed by atoms with Gasteiger partial charge in [-0.2, -0.15) is 0 Å². The molecule has 3 N–H and O–H groups in total. The third-order valence-corrected chi connectivity index (χ3v) is 4.71. The van der Waals surface area contributed by atoms with Crippen molar-refractivity contribution in [3.8, 4) is 0 Å². The van der Waals surface area contributed by atoms with E-state index in [9.17, 15) is 15.3 Å². The van der Waals surface area contributed by atoms with Crippen LogP contribution in [-0.2, 0) is 9.47 Å². The smallest absolute Gasteiger partial charge is 0.114 e. The van der Waals surface area contributed by atoms with Crippen molar-refractivity contribution < 1.29 is 24.8 Å². The van der Waals surface area contributed by atoms with Gasteiger partial charge in [-0.05, 0) is 25.7 Å². The first-order chi connectivity index (χ1) is 12.2. The lowest BCUT2D eigenvalue weighted by molar-refractivity contribution is -0.211. The lowest BCUT2D eigenvalue weighted by Gasteiger charge is -2.37. The van der Waals surface area contributed by atoms with Gasteiger partial charge in [0.05, 0.1) is 13.2 Å². The Balaban J connectivity index is 1.95. The van der Waals surface area contributed by atoms with Gasteiger partial charge in [-0.3, -0.25) is 0 Å². The maximum atomic E-state index is 9.96. The van der Waals surface area contributed by atoms with E-state index in [0.29, 0.717) is 6.61 Å². The number of aliphatic hydroxyl groups excluding tert-OH is 3. The third kappa shape index (κ3) is 9.71. The topological polar surface area (TPSA) is 79.2 Å². The maximum Gasteiger partial charge on any atom is 0.114 e. The highest BCUT2D eigenvalue weighted by atomic mass is 16.6. The minimum absolute atomic E-state index is 0.0423. The SMILES string of the molecule is CCC/C=C/CCCCCCCCCO[C@H]1[C@H](O)[C@@H](O)CO[C@@H]1CO. The van der Waals surface area contributed by atoms with E-state index in [1.165, 1.54) is 51.4 Å². The van der Waals surface area contributed by atoms with Crippen molar-refractivity contribution in [3.63, 3.8) is 0 Å². The van der Waals surface area contributed by atoms with Crippen molar-refractivity contribution in [3.05, 3.63) is 12.2 Å². The van der Waals surface area contributed by atoms with E-state index in [1.807, 2.05) is 0 Å². The van der Waals surface area contributed by atoms with Gasteiger partial charge in [0.1, 0.15) is 24.4 Å². The molecule has 1 aliphatic heterocycles. The van der Waals surface area contributed by atoms with Crippen LogP contribution in [0.25, 0.3) is 0 Å². The van der Waals surface area contributed by atoms with Crippen LogP contribution in [0.3, 0.4) is 0 Å². The van der Waals surface area contributed by atoms with Crippen LogP contribution in [0.2, 0.25) is 0 Å². The van der Waals surface area contributed by atoms with Crippen LogP contribution in [0.5, 0.6) is 0 Å². The minimum atomic E-state index is -0.989. The molecule has 0 unspecified atom stereocenters. The Kier molecular flexibility index (Phi) is 13.3. The molecular formula is C20H38O5. The van der Waals surface area contributed by atoms with Crippen molar-refractivity contribution in [1.29, 1.82) is 0 Å². The van der Waals surface area contributed by atoms with E-state index < -0.39 is 24.4 Å². The Morgan fingerprint density at radius 3 is 2.28 bits per heavy atom. The van der Waals surface area contributed by atoms with Crippen molar-refractivity contribution in [2.45, 2.75) is 95.5 Å². The van der Waals surface area contributed by atoms with Crippen molar-refractivity contribution in [1.82, 2.24) is 0 Å². The van der Waals surface area contributed by atoms with Gasteiger partial charge < -0.3 is 24.8 Å². The average Bonchev–Trinajstić information content (AvgIpc) is 2.62. The zero-order chi connectivity index (χ0) is 18.3. The van der Waals surface area contributed by atoms with Gasteiger partial charge in [0.25, 0.3) is 0 Å². The molecule has 1 fully saturated rings. The van der Waals surface area contributed by atoms with Gasteiger partial charge in [-0.25, -0.2) is 0 Å². The monoisotopic (exact) mass is 358 g/mol. The molecule has 0 aromatic carbocycles. The Morgan fingerprint density at radius 1 is 0.960 bits per heavy atom. The highest BCUT2D eigenvalue weighted by Crippen LogP contribution is 2.19. The highest BCUT2D eigenvalue weighted by molar-refractivity contribution is 4.87. The summed E-state index contributed by atoms with van der Waals surface area (Å²) in [4.78, 5) is 0. The molecular weight excluding hydrogens is 320 g/mol. The Labute approximate surface area is 153 Å². The molecule has 1 rings (SSSR count). The summed E-state index contributed by atoms with van der Waals surface area (Å²) in [5.74, 6) is 0. The summed E-state index contributed by atoms with van der Waals surface area (Å²) < 4.78 is 11.0. The van der Waals surface area contributed by atoms with Crippen LogP contribution in [0, 0.1) is 0 Å². The molecule has 1 saturated heterocycles. The van der Waals surface area contributed by atoms with Crippen LogP contribution in [-0.4, -0.2) is 59.6 Å². The summed E-state index contributed by atoms with van der Waals surface area (Å²) >= 11 is 0. The molecule has 0 aromatic heterocycles. The second-order valence-corrected chi connectivity index (χ2v) is 6.97. The van der Waals surface area contributed by atoms with E-state index in [2.05, 4.69) is 19.1 Å². The fraction of sp³-hybridized carbons (Fsp3) is 0.900. The highest BCUT2D eigenvalue weighted by Gasteiger charge is 2.39. The zero-order valence-corrected chi connectivity index (χ0v) is 15.8. The summed E-state index contributed by atoms with van der Waals surface area (Å²) in [6.45, 7) is 2.56. The van der Waals surface area contributed by atoms with Gasteiger partial charge in [0.15, 0.2) is 0 Å². The average molecular weight is 359 g/mol. The molecule has 1 aliphatic rings. The lowest BCUT2D eigenvalue weighted by atomic mass is 10.0.